The lowest BCUT2D eigenvalue weighted by Gasteiger charge is -2.17. The van der Waals surface area contributed by atoms with Gasteiger partial charge in [0, 0.05) is 37.5 Å². The highest BCUT2D eigenvalue weighted by molar-refractivity contribution is 7.13. The van der Waals surface area contributed by atoms with Crippen LogP contribution in [0.3, 0.4) is 0 Å². The Morgan fingerprint density at radius 1 is 1.45 bits per heavy atom. The molecular weight excluding hydrogens is 305 g/mol. The Hall–Kier alpha value is -1.99. The summed E-state index contributed by atoms with van der Waals surface area (Å²) in [7, 11) is 1.63. The molecule has 2 N–H and O–H groups in total. The molecule has 0 bridgehead atoms. The van der Waals surface area contributed by atoms with Gasteiger partial charge in [0.15, 0.2) is 5.13 Å². The number of thiazole rings is 1. The number of unbranched alkanes of at least 4 members (excludes halogenated alkanes) is 1. The van der Waals surface area contributed by atoms with Gasteiger partial charge in [0.1, 0.15) is 5.82 Å². The molecule has 1 heterocycles. The largest absolute Gasteiger partial charge is 0.396 e. The number of rotatable bonds is 7. The van der Waals surface area contributed by atoms with E-state index in [1.165, 1.54) is 28.4 Å². The summed E-state index contributed by atoms with van der Waals surface area (Å²) < 4.78 is 14.1. The summed E-state index contributed by atoms with van der Waals surface area (Å²) in [6, 6.07) is 4.41. The Labute approximate surface area is 132 Å². The number of hydrogen-bond donors (Lipinski definition) is 2. The van der Waals surface area contributed by atoms with Crippen LogP contribution in [0.1, 0.15) is 23.2 Å². The fourth-order valence-electron chi connectivity index (χ4n) is 1.94. The number of aliphatic hydroxyl groups is 1. The van der Waals surface area contributed by atoms with Gasteiger partial charge >= 0.3 is 0 Å². The molecule has 0 radical (unpaired) electrons. The third-order valence-electron chi connectivity index (χ3n) is 3.13. The first-order valence-corrected chi connectivity index (χ1v) is 7.82. The first-order chi connectivity index (χ1) is 10.6. The smallest absolute Gasteiger partial charge is 0.256 e. The summed E-state index contributed by atoms with van der Waals surface area (Å²) in [5.41, 5.74) is 0.586. The molecule has 0 saturated heterocycles. The van der Waals surface area contributed by atoms with E-state index in [2.05, 4.69) is 10.3 Å². The molecule has 0 atom stereocenters. The van der Waals surface area contributed by atoms with Crippen LogP contribution in [0.5, 0.6) is 0 Å². The normalized spacial score (nSPS) is 10.5. The molecule has 0 aliphatic carbocycles. The summed E-state index contributed by atoms with van der Waals surface area (Å²) in [5, 5.41) is 14.2. The Kier molecular flexibility index (Phi) is 5.85. The zero-order valence-corrected chi connectivity index (χ0v) is 13.1. The number of carbonyl (C=O) groups excluding carboxylic acids is 1. The third kappa shape index (κ3) is 4.25. The number of nitrogens with one attached hydrogen (secondary N) is 1. The zero-order chi connectivity index (χ0) is 15.9. The van der Waals surface area contributed by atoms with Gasteiger partial charge in [-0.3, -0.25) is 4.79 Å². The van der Waals surface area contributed by atoms with Gasteiger partial charge in [-0.15, -0.1) is 11.3 Å². The van der Waals surface area contributed by atoms with E-state index >= 15 is 0 Å². The van der Waals surface area contributed by atoms with Gasteiger partial charge in [0.25, 0.3) is 5.91 Å². The van der Waals surface area contributed by atoms with Crippen molar-refractivity contribution in [2.45, 2.75) is 12.8 Å². The molecule has 5 nitrogen and oxygen atoms in total. The average molecular weight is 323 g/mol. The minimum atomic E-state index is -0.569. The molecule has 118 valence electrons. The molecule has 0 saturated carbocycles. The van der Waals surface area contributed by atoms with Crippen LogP contribution in [0, 0.1) is 5.82 Å². The van der Waals surface area contributed by atoms with E-state index in [-0.39, 0.29) is 18.1 Å². The number of nitrogens with zero attached hydrogens (tertiary/aromatic N) is 2. The molecule has 22 heavy (non-hydrogen) atoms. The minimum absolute atomic E-state index is 0.0381. The molecule has 7 heteroatoms. The van der Waals surface area contributed by atoms with Crippen molar-refractivity contribution in [1.82, 2.24) is 9.88 Å². The topological polar surface area (TPSA) is 65.5 Å². The van der Waals surface area contributed by atoms with Crippen LogP contribution in [0.2, 0.25) is 0 Å². The van der Waals surface area contributed by atoms with Crippen LogP contribution in [-0.2, 0) is 0 Å². The summed E-state index contributed by atoms with van der Waals surface area (Å²) in [6.07, 6.45) is 2.96. The Morgan fingerprint density at radius 3 is 2.91 bits per heavy atom. The van der Waals surface area contributed by atoms with Crippen molar-refractivity contribution < 1.29 is 14.3 Å². The summed E-state index contributed by atoms with van der Waals surface area (Å²) in [6.45, 7) is 0.575. The third-order valence-corrected chi connectivity index (χ3v) is 3.82. The number of benzene rings is 1. The highest BCUT2D eigenvalue weighted by Gasteiger charge is 2.16. The SMILES string of the molecule is CN(CCCCO)C(=O)c1ccc(Nc2nccs2)cc1F. The first-order valence-electron chi connectivity index (χ1n) is 6.94. The Bertz CT molecular complexity index is 619. The maximum Gasteiger partial charge on any atom is 0.256 e. The van der Waals surface area contributed by atoms with Gasteiger partial charge < -0.3 is 15.3 Å². The van der Waals surface area contributed by atoms with E-state index in [1.807, 2.05) is 5.38 Å². The maximum absolute atomic E-state index is 14.1. The van der Waals surface area contributed by atoms with Crippen molar-refractivity contribution in [2.75, 3.05) is 25.5 Å². The van der Waals surface area contributed by atoms with Crippen molar-refractivity contribution in [3.63, 3.8) is 0 Å². The number of amides is 1. The van der Waals surface area contributed by atoms with Crippen molar-refractivity contribution in [2.24, 2.45) is 0 Å². The van der Waals surface area contributed by atoms with Gasteiger partial charge in [0.05, 0.1) is 5.56 Å². The van der Waals surface area contributed by atoms with Crippen molar-refractivity contribution in [3.8, 4) is 0 Å². The van der Waals surface area contributed by atoms with Gasteiger partial charge in [-0.2, -0.15) is 0 Å². The zero-order valence-electron chi connectivity index (χ0n) is 12.3. The lowest BCUT2D eigenvalue weighted by molar-refractivity contribution is 0.0785. The van der Waals surface area contributed by atoms with E-state index in [9.17, 15) is 9.18 Å². The second-order valence-corrected chi connectivity index (χ2v) is 5.71. The molecule has 1 aromatic heterocycles. The molecule has 0 spiro atoms. The molecule has 0 aliphatic heterocycles. The molecule has 0 fully saturated rings. The fourth-order valence-corrected chi connectivity index (χ4v) is 2.49. The quantitative estimate of drug-likeness (QED) is 0.769. The maximum atomic E-state index is 14.1. The molecule has 0 aliphatic rings. The Balaban J connectivity index is 2.03. The molecule has 1 amide bonds. The number of halogens is 1. The van der Waals surface area contributed by atoms with Crippen LogP contribution in [0.4, 0.5) is 15.2 Å². The van der Waals surface area contributed by atoms with Gasteiger partial charge in [-0.25, -0.2) is 9.37 Å². The van der Waals surface area contributed by atoms with Crippen molar-refractivity contribution in [3.05, 3.63) is 41.2 Å². The van der Waals surface area contributed by atoms with Crippen molar-refractivity contribution >= 4 is 28.1 Å². The predicted octanol–water partition coefficient (Wildman–Crippen LogP) is 2.87. The number of aliphatic hydroxyl groups excluding tert-OH is 1. The summed E-state index contributed by atoms with van der Waals surface area (Å²) in [5.74, 6) is -0.934. The van der Waals surface area contributed by atoms with Crippen LogP contribution >= 0.6 is 11.3 Å². The molecule has 1 aromatic carbocycles. The monoisotopic (exact) mass is 323 g/mol. The van der Waals surface area contributed by atoms with Gasteiger partial charge in [-0.1, -0.05) is 0 Å². The van der Waals surface area contributed by atoms with Gasteiger partial charge in [0.2, 0.25) is 0 Å². The summed E-state index contributed by atoms with van der Waals surface area (Å²) in [4.78, 5) is 17.7. The van der Waals surface area contributed by atoms with E-state index in [4.69, 9.17) is 5.11 Å². The van der Waals surface area contributed by atoms with E-state index in [0.29, 0.717) is 30.2 Å². The number of hydrogen-bond acceptors (Lipinski definition) is 5. The molecule has 0 unspecified atom stereocenters. The van der Waals surface area contributed by atoms with Crippen LogP contribution in [-0.4, -0.2) is 41.1 Å². The van der Waals surface area contributed by atoms with E-state index < -0.39 is 5.82 Å². The average Bonchev–Trinajstić information content (AvgIpc) is 3.00. The number of carbonyl (C=O) groups is 1. The lowest BCUT2D eigenvalue weighted by atomic mass is 10.1. The fraction of sp³-hybridized carbons (Fsp3) is 0.333. The predicted molar refractivity (Wildman–Crippen MR) is 85.1 cm³/mol. The second-order valence-electron chi connectivity index (χ2n) is 4.81. The van der Waals surface area contributed by atoms with Crippen LogP contribution in [0.15, 0.2) is 29.8 Å². The summed E-state index contributed by atoms with van der Waals surface area (Å²) >= 11 is 1.41. The highest BCUT2D eigenvalue weighted by atomic mass is 32.1. The first kappa shape index (κ1) is 16.4. The van der Waals surface area contributed by atoms with Crippen LogP contribution < -0.4 is 5.32 Å². The number of anilines is 2. The minimum Gasteiger partial charge on any atom is -0.396 e. The second kappa shape index (κ2) is 7.86. The Morgan fingerprint density at radius 2 is 2.27 bits per heavy atom. The molecular formula is C15H18FN3O2S. The molecule has 2 rings (SSSR count). The standard InChI is InChI=1S/C15H18FN3O2S/c1-19(7-2-3-8-20)14(21)12-5-4-11(10-13(12)16)18-15-17-6-9-22-15/h4-6,9-10,20H,2-3,7-8H2,1H3,(H,17,18). The van der Waals surface area contributed by atoms with E-state index in [1.54, 1.807) is 19.3 Å². The number of aromatic nitrogens is 1. The highest BCUT2D eigenvalue weighted by Crippen LogP contribution is 2.21. The molecule has 2 aromatic rings. The van der Waals surface area contributed by atoms with Gasteiger partial charge in [-0.05, 0) is 31.0 Å². The lowest BCUT2D eigenvalue weighted by Crippen LogP contribution is -2.28. The van der Waals surface area contributed by atoms with Crippen molar-refractivity contribution in [1.29, 1.82) is 0 Å². The van der Waals surface area contributed by atoms with E-state index in [0.717, 1.165) is 0 Å². The van der Waals surface area contributed by atoms with Crippen LogP contribution in [0.25, 0.3) is 0 Å².